The zero-order chi connectivity index (χ0) is 15.6. The Hall–Kier alpha value is -1.82. The Morgan fingerprint density at radius 1 is 1.43 bits per heavy atom. The van der Waals surface area contributed by atoms with Gasteiger partial charge in [-0.15, -0.1) is 0 Å². The van der Waals surface area contributed by atoms with Crippen LogP contribution in [-0.2, 0) is 11.8 Å². The third kappa shape index (κ3) is 3.64. The summed E-state index contributed by atoms with van der Waals surface area (Å²) in [5.74, 6) is 0.184. The van der Waals surface area contributed by atoms with E-state index in [1.54, 1.807) is 7.05 Å². The molecule has 6 heteroatoms. The number of aryl methyl sites for hydroxylation is 1. The predicted molar refractivity (Wildman–Crippen MR) is 85.7 cm³/mol. The van der Waals surface area contributed by atoms with Crippen molar-refractivity contribution in [1.82, 2.24) is 14.9 Å². The number of aromatic nitrogens is 2. The maximum atomic E-state index is 12.3. The van der Waals surface area contributed by atoms with Crippen molar-refractivity contribution in [3.63, 3.8) is 0 Å². The fourth-order valence-electron chi connectivity index (χ4n) is 1.99. The van der Waals surface area contributed by atoms with Crippen molar-refractivity contribution in [2.24, 2.45) is 7.05 Å². The average Bonchev–Trinajstić information content (AvgIpc) is 2.41. The summed E-state index contributed by atoms with van der Waals surface area (Å²) in [5, 5.41) is 3.97. The maximum Gasteiger partial charge on any atom is 0.261 e. The van der Waals surface area contributed by atoms with Gasteiger partial charge in [0.2, 0.25) is 5.91 Å². The third-order valence-corrected chi connectivity index (χ3v) is 4.00. The molecule has 0 spiro atoms. The first-order chi connectivity index (χ1) is 9.88. The monoisotopic (exact) mass is 305 g/mol. The lowest BCUT2D eigenvalue weighted by atomic mass is 10.2. The van der Waals surface area contributed by atoms with Crippen LogP contribution in [0.5, 0.6) is 0 Å². The van der Waals surface area contributed by atoms with E-state index in [9.17, 15) is 9.59 Å². The lowest BCUT2D eigenvalue weighted by Gasteiger charge is -2.10. The first-order valence-corrected chi connectivity index (χ1v) is 7.76. The van der Waals surface area contributed by atoms with Gasteiger partial charge in [0, 0.05) is 13.1 Å². The number of rotatable bonds is 4. The molecule has 1 aromatic heterocycles. The molecule has 0 saturated carbocycles. The molecule has 2 aromatic rings. The fraction of sp³-hybridized carbons (Fsp3) is 0.400. The summed E-state index contributed by atoms with van der Waals surface area (Å²) >= 11 is 1.27. The molecule has 0 atom stereocenters. The molecule has 1 N–H and O–H groups in total. The zero-order valence-electron chi connectivity index (χ0n) is 12.6. The fourth-order valence-corrected chi connectivity index (χ4v) is 2.77. The number of benzene rings is 1. The zero-order valence-corrected chi connectivity index (χ0v) is 13.5. The van der Waals surface area contributed by atoms with Crippen LogP contribution in [0.3, 0.4) is 0 Å². The highest BCUT2D eigenvalue weighted by molar-refractivity contribution is 7.99. The van der Waals surface area contributed by atoms with Crippen molar-refractivity contribution in [2.75, 3.05) is 5.75 Å². The number of fused-ring (bicyclic) bond motifs is 1. The molecule has 2 rings (SSSR count). The Kier molecular flexibility index (Phi) is 4.67. The summed E-state index contributed by atoms with van der Waals surface area (Å²) in [6, 6.07) is 5.71. The number of amides is 1. The molecule has 0 saturated heterocycles. The summed E-state index contributed by atoms with van der Waals surface area (Å²) in [7, 11) is 1.68. The lowest BCUT2D eigenvalue weighted by molar-refractivity contribution is -0.119. The van der Waals surface area contributed by atoms with Gasteiger partial charge in [0.05, 0.1) is 16.7 Å². The quantitative estimate of drug-likeness (QED) is 0.692. The van der Waals surface area contributed by atoms with E-state index in [1.807, 2.05) is 39.0 Å². The summed E-state index contributed by atoms with van der Waals surface area (Å²) < 4.78 is 1.50. The molecule has 0 bridgehead atoms. The molecular weight excluding hydrogens is 286 g/mol. The highest BCUT2D eigenvalue weighted by Gasteiger charge is 2.11. The van der Waals surface area contributed by atoms with Crippen molar-refractivity contribution in [1.29, 1.82) is 0 Å². The van der Waals surface area contributed by atoms with Gasteiger partial charge >= 0.3 is 0 Å². The van der Waals surface area contributed by atoms with Crippen LogP contribution in [0.2, 0.25) is 0 Å². The van der Waals surface area contributed by atoms with E-state index in [0.29, 0.717) is 16.1 Å². The largest absolute Gasteiger partial charge is 0.353 e. The van der Waals surface area contributed by atoms with E-state index in [0.717, 1.165) is 5.56 Å². The second-order valence-corrected chi connectivity index (χ2v) is 6.23. The van der Waals surface area contributed by atoms with Crippen LogP contribution in [0.25, 0.3) is 10.9 Å². The van der Waals surface area contributed by atoms with Crippen LogP contribution < -0.4 is 10.9 Å². The number of hydrogen-bond donors (Lipinski definition) is 1. The molecule has 1 amide bonds. The molecule has 5 nitrogen and oxygen atoms in total. The molecule has 0 aliphatic carbocycles. The van der Waals surface area contributed by atoms with Gasteiger partial charge in [0.1, 0.15) is 0 Å². The van der Waals surface area contributed by atoms with E-state index in [4.69, 9.17) is 0 Å². The Bertz CT molecular complexity index is 738. The molecule has 0 unspecified atom stereocenters. The number of carbonyl (C=O) groups is 1. The van der Waals surface area contributed by atoms with Gasteiger partial charge in [-0.2, -0.15) is 0 Å². The lowest BCUT2D eigenvalue weighted by Crippen LogP contribution is -2.31. The van der Waals surface area contributed by atoms with Crippen molar-refractivity contribution in [3.8, 4) is 0 Å². The number of nitrogens with one attached hydrogen (secondary N) is 1. The second-order valence-electron chi connectivity index (χ2n) is 5.29. The highest BCUT2D eigenvalue weighted by Crippen LogP contribution is 2.17. The van der Waals surface area contributed by atoms with Crippen molar-refractivity contribution >= 4 is 28.6 Å². The van der Waals surface area contributed by atoms with Gasteiger partial charge < -0.3 is 5.32 Å². The Morgan fingerprint density at radius 2 is 2.14 bits per heavy atom. The first-order valence-electron chi connectivity index (χ1n) is 6.78. The summed E-state index contributed by atoms with van der Waals surface area (Å²) in [6.07, 6.45) is 0. The molecule has 0 radical (unpaired) electrons. The highest BCUT2D eigenvalue weighted by atomic mass is 32.2. The molecule has 21 heavy (non-hydrogen) atoms. The molecule has 0 fully saturated rings. The normalized spacial score (nSPS) is 11.1. The molecular formula is C15H19N3O2S. The second kappa shape index (κ2) is 6.30. The number of thioether (sulfide) groups is 1. The topological polar surface area (TPSA) is 64.0 Å². The minimum atomic E-state index is -0.0875. The van der Waals surface area contributed by atoms with E-state index in [2.05, 4.69) is 10.3 Å². The third-order valence-electron chi connectivity index (χ3n) is 2.97. The molecule has 112 valence electrons. The van der Waals surface area contributed by atoms with E-state index < -0.39 is 0 Å². The van der Waals surface area contributed by atoms with E-state index in [-0.39, 0.29) is 23.3 Å². The summed E-state index contributed by atoms with van der Waals surface area (Å²) in [6.45, 7) is 5.77. The Morgan fingerprint density at radius 3 is 2.81 bits per heavy atom. The van der Waals surface area contributed by atoms with Gasteiger partial charge in [-0.05, 0) is 32.9 Å². The minimum absolute atomic E-state index is 0.0618. The van der Waals surface area contributed by atoms with Crippen LogP contribution in [0.1, 0.15) is 19.4 Å². The summed E-state index contributed by atoms with van der Waals surface area (Å²) in [5.41, 5.74) is 1.60. The van der Waals surface area contributed by atoms with Gasteiger partial charge in [-0.1, -0.05) is 23.4 Å². The molecule has 1 aromatic carbocycles. The number of nitrogens with zero attached hydrogens (tertiary/aromatic N) is 2. The Balaban J connectivity index is 2.29. The van der Waals surface area contributed by atoms with E-state index in [1.165, 1.54) is 16.3 Å². The summed E-state index contributed by atoms with van der Waals surface area (Å²) in [4.78, 5) is 28.5. The van der Waals surface area contributed by atoms with Crippen LogP contribution >= 0.6 is 11.8 Å². The van der Waals surface area contributed by atoms with Gasteiger partial charge in [-0.25, -0.2) is 4.98 Å². The van der Waals surface area contributed by atoms with Crippen molar-refractivity contribution in [2.45, 2.75) is 32.0 Å². The van der Waals surface area contributed by atoms with Gasteiger partial charge in [0.15, 0.2) is 5.16 Å². The molecule has 1 heterocycles. The van der Waals surface area contributed by atoms with Crippen molar-refractivity contribution < 1.29 is 4.79 Å². The Labute approximate surface area is 127 Å². The SMILES string of the molecule is Cc1ccc2nc(SCC(=O)NC(C)C)n(C)c(=O)c2c1. The first kappa shape index (κ1) is 15.6. The smallest absolute Gasteiger partial charge is 0.261 e. The molecule has 0 aliphatic rings. The van der Waals surface area contributed by atoms with Crippen LogP contribution in [0, 0.1) is 6.92 Å². The van der Waals surface area contributed by atoms with E-state index >= 15 is 0 Å². The standard InChI is InChI=1S/C15H19N3O2S/c1-9(2)16-13(19)8-21-15-17-12-6-5-10(3)7-11(12)14(20)18(15)4/h5-7,9H,8H2,1-4H3,(H,16,19). The van der Waals surface area contributed by atoms with Crippen molar-refractivity contribution in [3.05, 3.63) is 34.1 Å². The molecule has 0 aliphatic heterocycles. The van der Waals surface area contributed by atoms with Gasteiger partial charge in [-0.3, -0.25) is 14.2 Å². The van der Waals surface area contributed by atoms with Crippen LogP contribution in [-0.4, -0.2) is 27.3 Å². The van der Waals surface area contributed by atoms with Crippen LogP contribution in [0.15, 0.2) is 28.2 Å². The minimum Gasteiger partial charge on any atom is -0.353 e. The predicted octanol–water partition coefficient (Wildman–Crippen LogP) is 1.86. The number of hydrogen-bond acceptors (Lipinski definition) is 4. The van der Waals surface area contributed by atoms with Crippen LogP contribution in [0.4, 0.5) is 0 Å². The maximum absolute atomic E-state index is 12.3. The average molecular weight is 305 g/mol. The van der Waals surface area contributed by atoms with Gasteiger partial charge in [0.25, 0.3) is 5.56 Å². The number of carbonyl (C=O) groups excluding carboxylic acids is 1.